The highest BCUT2D eigenvalue weighted by atomic mass is 16.2. The van der Waals surface area contributed by atoms with Crippen molar-refractivity contribution in [2.45, 2.75) is 25.8 Å². The number of nitrogens with zero attached hydrogens (tertiary/aromatic N) is 2. The molecular formula is C13H19N3O. The molecule has 1 N–H and O–H groups in total. The van der Waals surface area contributed by atoms with Gasteiger partial charge in [-0.25, -0.2) is 0 Å². The Labute approximate surface area is 102 Å². The third kappa shape index (κ3) is 3.53. The quantitative estimate of drug-likeness (QED) is 0.841. The van der Waals surface area contributed by atoms with Crippen molar-refractivity contribution in [2.75, 3.05) is 19.6 Å². The van der Waals surface area contributed by atoms with Crippen molar-refractivity contribution in [1.29, 1.82) is 0 Å². The molecule has 0 bridgehead atoms. The Balaban J connectivity index is 1.81. The smallest absolute Gasteiger partial charge is 0.222 e. The van der Waals surface area contributed by atoms with Gasteiger partial charge < -0.3 is 10.2 Å². The van der Waals surface area contributed by atoms with Crippen LogP contribution in [0.5, 0.6) is 0 Å². The minimum absolute atomic E-state index is 0.259. The van der Waals surface area contributed by atoms with Gasteiger partial charge in [0.1, 0.15) is 0 Å². The van der Waals surface area contributed by atoms with Crippen molar-refractivity contribution < 1.29 is 4.79 Å². The first kappa shape index (κ1) is 12.0. The Morgan fingerprint density at radius 1 is 1.53 bits per heavy atom. The Morgan fingerprint density at radius 2 is 2.29 bits per heavy atom. The van der Waals surface area contributed by atoms with Gasteiger partial charge in [0, 0.05) is 44.5 Å². The van der Waals surface area contributed by atoms with E-state index in [-0.39, 0.29) is 5.91 Å². The van der Waals surface area contributed by atoms with Crippen molar-refractivity contribution in [3.05, 3.63) is 30.1 Å². The summed E-state index contributed by atoms with van der Waals surface area (Å²) in [6.07, 6.45) is 4.94. The molecular weight excluding hydrogens is 214 g/mol. The maximum Gasteiger partial charge on any atom is 0.222 e. The highest BCUT2D eigenvalue weighted by Gasteiger charge is 2.19. The second-order valence-corrected chi connectivity index (χ2v) is 4.55. The molecule has 1 saturated heterocycles. The van der Waals surface area contributed by atoms with Gasteiger partial charge in [-0.15, -0.1) is 0 Å². The summed E-state index contributed by atoms with van der Waals surface area (Å²) < 4.78 is 0. The second kappa shape index (κ2) is 5.77. The van der Waals surface area contributed by atoms with Crippen LogP contribution in [0, 0.1) is 0 Å². The van der Waals surface area contributed by atoms with E-state index in [0.717, 1.165) is 26.1 Å². The summed E-state index contributed by atoms with van der Waals surface area (Å²) in [6.45, 7) is 4.68. The summed E-state index contributed by atoms with van der Waals surface area (Å²) in [4.78, 5) is 17.9. The first-order chi connectivity index (χ1) is 8.25. The van der Waals surface area contributed by atoms with Crippen molar-refractivity contribution in [1.82, 2.24) is 15.2 Å². The molecule has 0 aliphatic carbocycles. The van der Waals surface area contributed by atoms with Gasteiger partial charge in [0.15, 0.2) is 0 Å². The van der Waals surface area contributed by atoms with Gasteiger partial charge in [-0.2, -0.15) is 0 Å². The zero-order valence-corrected chi connectivity index (χ0v) is 10.2. The van der Waals surface area contributed by atoms with Crippen LogP contribution in [0.15, 0.2) is 24.5 Å². The van der Waals surface area contributed by atoms with Crippen LogP contribution in [0.1, 0.15) is 18.9 Å². The summed E-state index contributed by atoms with van der Waals surface area (Å²) in [5.74, 6) is 0.259. The molecule has 0 saturated carbocycles. The number of hydrogen-bond donors (Lipinski definition) is 1. The van der Waals surface area contributed by atoms with Crippen molar-refractivity contribution >= 4 is 5.91 Å². The van der Waals surface area contributed by atoms with Crippen LogP contribution in [0.4, 0.5) is 0 Å². The van der Waals surface area contributed by atoms with E-state index < -0.39 is 0 Å². The predicted octanol–water partition coefficient (Wildman–Crippen LogP) is 0.835. The number of piperazine rings is 1. The van der Waals surface area contributed by atoms with Gasteiger partial charge in [-0.1, -0.05) is 0 Å². The number of pyridine rings is 1. The van der Waals surface area contributed by atoms with Crippen LogP contribution in [0.2, 0.25) is 0 Å². The van der Waals surface area contributed by atoms with E-state index in [2.05, 4.69) is 17.2 Å². The molecule has 1 amide bonds. The highest BCUT2D eigenvalue weighted by Crippen LogP contribution is 2.06. The maximum atomic E-state index is 12.0. The Bertz CT molecular complexity index is 366. The topological polar surface area (TPSA) is 45.2 Å². The standard InChI is InChI=1S/C13H19N3O/c1-11-10-16(9-8-15-11)13(17)3-2-12-4-6-14-7-5-12/h4-7,11,15H,2-3,8-10H2,1H3/t11-/m1/s1. The van der Waals surface area contributed by atoms with E-state index >= 15 is 0 Å². The molecule has 0 aromatic carbocycles. The highest BCUT2D eigenvalue weighted by molar-refractivity contribution is 5.76. The summed E-state index contributed by atoms with van der Waals surface area (Å²) in [6, 6.07) is 4.34. The molecule has 2 heterocycles. The van der Waals surface area contributed by atoms with Gasteiger partial charge in [-0.3, -0.25) is 9.78 Å². The van der Waals surface area contributed by atoms with E-state index in [1.165, 1.54) is 5.56 Å². The van der Waals surface area contributed by atoms with Crippen LogP contribution in [0.3, 0.4) is 0 Å². The zero-order valence-electron chi connectivity index (χ0n) is 10.2. The molecule has 4 heteroatoms. The Kier molecular flexibility index (Phi) is 4.09. The fraction of sp³-hybridized carbons (Fsp3) is 0.538. The molecule has 0 spiro atoms. The van der Waals surface area contributed by atoms with Crippen molar-refractivity contribution in [2.24, 2.45) is 0 Å². The molecule has 1 aromatic rings. The van der Waals surface area contributed by atoms with Gasteiger partial charge in [0.25, 0.3) is 0 Å². The monoisotopic (exact) mass is 233 g/mol. The first-order valence-corrected chi connectivity index (χ1v) is 6.16. The second-order valence-electron chi connectivity index (χ2n) is 4.55. The maximum absolute atomic E-state index is 12.0. The fourth-order valence-corrected chi connectivity index (χ4v) is 2.12. The van der Waals surface area contributed by atoms with E-state index in [0.29, 0.717) is 12.5 Å². The SMILES string of the molecule is C[C@@H]1CN(C(=O)CCc2ccncc2)CCN1. The van der Waals surface area contributed by atoms with E-state index in [9.17, 15) is 4.79 Å². The predicted molar refractivity (Wildman–Crippen MR) is 66.6 cm³/mol. The van der Waals surface area contributed by atoms with Gasteiger partial charge >= 0.3 is 0 Å². The minimum Gasteiger partial charge on any atom is -0.340 e. The molecule has 4 nitrogen and oxygen atoms in total. The normalized spacial score (nSPS) is 20.3. The number of carbonyl (C=O) groups is 1. The largest absolute Gasteiger partial charge is 0.340 e. The van der Waals surface area contributed by atoms with E-state index in [4.69, 9.17) is 0 Å². The molecule has 2 rings (SSSR count). The minimum atomic E-state index is 0.259. The number of hydrogen-bond acceptors (Lipinski definition) is 3. The summed E-state index contributed by atoms with van der Waals surface area (Å²) in [5.41, 5.74) is 1.18. The number of nitrogens with one attached hydrogen (secondary N) is 1. The number of carbonyl (C=O) groups excluding carboxylic acids is 1. The zero-order chi connectivity index (χ0) is 12.1. The third-order valence-electron chi connectivity index (χ3n) is 3.10. The van der Waals surface area contributed by atoms with Crippen molar-refractivity contribution in [3.8, 4) is 0 Å². The summed E-state index contributed by atoms with van der Waals surface area (Å²) in [7, 11) is 0. The number of amides is 1. The van der Waals surface area contributed by atoms with Crippen LogP contribution in [-0.4, -0.2) is 41.5 Å². The lowest BCUT2D eigenvalue weighted by Gasteiger charge is -2.32. The van der Waals surface area contributed by atoms with Gasteiger partial charge in [0.2, 0.25) is 5.91 Å². The lowest BCUT2D eigenvalue weighted by molar-refractivity contribution is -0.132. The van der Waals surface area contributed by atoms with Crippen LogP contribution >= 0.6 is 0 Å². The summed E-state index contributed by atoms with van der Waals surface area (Å²) >= 11 is 0. The average Bonchev–Trinajstić information content (AvgIpc) is 2.37. The Morgan fingerprint density at radius 3 is 3.00 bits per heavy atom. The molecule has 1 aliphatic rings. The van der Waals surface area contributed by atoms with Crippen molar-refractivity contribution in [3.63, 3.8) is 0 Å². The number of aromatic nitrogens is 1. The molecule has 1 aliphatic heterocycles. The molecule has 0 unspecified atom stereocenters. The molecule has 1 fully saturated rings. The molecule has 0 radical (unpaired) electrons. The first-order valence-electron chi connectivity index (χ1n) is 6.16. The lowest BCUT2D eigenvalue weighted by Crippen LogP contribution is -2.51. The molecule has 17 heavy (non-hydrogen) atoms. The fourth-order valence-electron chi connectivity index (χ4n) is 2.12. The average molecular weight is 233 g/mol. The van der Waals surface area contributed by atoms with E-state index in [1.54, 1.807) is 12.4 Å². The van der Waals surface area contributed by atoms with Crippen LogP contribution in [-0.2, 0) is 11.2 Å². The molecule has 1 aromatic heterocycles. The van der Waals surface area contributed by atoms with Crippen LogP contribution < -0.4 is 5.32 Å². The number of rotatable bonds is 3. The Hall–Kier alpha value is -1.42. The van der Waals surface area contributed by atoms with Gasteiger partial charge in [0.05, 0.1) is 0 Å². The van der Waals surface area contributed by atoms with Crippen LogP contribution in [0.25, 0.3) is 0 Å². The van der Waals surface area contributed by atoms with E-state index in [1.807, 2.05) is 17.0 Å². The molecule has 1 atom stereocenters. The third-order valence-corrected chi connectivity index (χ3v) is 3.10. The summed E-state index contributed by atoms with van der Waals surface area (Å²) in [5, 5.41) is 3.34. The van der Waals surface area contributed by atoms with Gasteiger partial charge in [-0.05, 0) is 31.0 Å². The lowest BCUT2D eigenvalue weighted by atomic mass is 10.1. The molecule has 92 valence electrons. The number of aryl methyl sites for hydroxylation is 1.